The molecular weight excluding hydrogens is 298 g/mol. The second-order valence-corrected chi connectivity index (χ2v) is 7.19. The first-order valence-electron chi connectivity index (χ1n) is 8.96. The van der Waals surface area contributed by atoms with Gasteiger partial charge >= 0.3 is 0 Å². The quantitative estimate of drug-likeness (QED) is 0.776. The molecule has 0 radical (unpaired) electrons. The van der Waals surface area contributed by atoms with Crippen molar-refractivity contribution in [3.05, 3.63) is 59.2 Å². The highest BCUT2D eigenvalue weighted by Gasteiger charge is 2.25. The number of aliphatic hydroxyl groups excluding tert-OH is 2. The Morgan fingerprint density at radius 2 is 1.75 bits per heavy atom. The number of aliphatic hydroxyl groups is 2. The maximum absolute atomic E-state index is 9.78. The molecule has 126 valence electrons. The summed E-state index contributed by atoms with van der Waals surface area (Å²) in [6, 6.07) is 15.6. The molecule has 4 rings (SSSR count). The average molecular weight is 323 g/mol. The second-order valence-electron chi connectivity index (χ2n) is 7.19. The predicted molar refractivity (Wildman–Crippen MR) is 95.8 cm³/mol. The molecule has 2 N–H and O–H groups in total. The molecule has 0 amide bonds. The van der Waals surface area contributed by atoms with Gasteiger partial charge in [-0.15, -0.1) is 0 Å². The van der Waals surface area contributed by atoms with E-state index in [1.807, 2.05) is 0 Å². The van der Waals surface area contributed by atoms with Crippen molar-refractivity contribution in [3.63, 3.8) is 0 Å². The lowest BCUT2D eigenvalue weighted by Gasteiger charge is -2.33. The third kappa shape index (κ3) is 3.00. The summed E-state index contributed by atoms with van der Waals surface area (Å²) in [5.74, 6) is 0.251. The van der Waals surface area contributed by atoms with Crippen LogP contribution in [0.1, 0.15) is 29.5 Å². The highest BCUT2D eigenvalue weighted by Crippen LogP contribution is 2.37. The predicted octanol–water partition coefficient (Wildman–Crippen LogP) is 2.82. The van der Waals surface area contributed by atoms with Crippen LogP contribution in [0.2, 0.25) is 0 Å². The number of hydrogen-bond donors (Lipinski definition) is 2. The van der Waals surface area contributed by atoms with Gasteiger partial charge in [0.25, 0.3) is 0 Å². The van der Waals surface area contributed by atoms with E-state index in [0.717, 1.165) is 38.9 Å². The van der Waals surface area contributed by atoms with Gasteiger partial charge in [0, 0.05) is 6.54 Å². The Bertz CT molecular complexity index is 720. The maximum atomic E-state index is 9.78. The molecule has 3 heteroatoms. The molecule has 3 nitrogen and oxygen atoms in total. The topological polar surface area (TPSA) is 43.7 Å². The summed E-state index contributed by atoms with van der Waals surface area (Å²) in [7, 11) is 0. The molecule has 2 aromatic rings. The zero-order chi connectivity index (χ0) is 16.5. The van der Waals surface area contributed by atoms with Crippen LogP contribution in [0.4, 0.5) is 0 Å². The lowest BCUT2D eigenvalue weighted by molar-refractivity contribution is 0.0172. The van der Waals surface area contributed by atoms with Crippen LogP contribution in [0.25, 0.3) is 11.1 Å². The van der Waals surface area contributed by atoms with Crippen LogP contribution in [0.3, 0.4) is 0 Å². The molecule has 1 aliphatic carbocycles. The van der Waals surface area contributed by atoms with E-state index >= 15 is 0 Å². The van der Waals surface area contributed by atoms with Gasteiger partial charge in [-0.2, -0.15) is 0 Å². The van der Waals surface area contributed by atoms with E-state index in [-0.39, 0.29) is 12.5 Å². The molecule has 1 atom stereocenters. The first kappa shape index (κ1) is 15.8. The molecule has 0 saturated carbocycles. The van der Waals surface area contributed by atoms with E-state index in [0.29, 0.717) is 0 Å². The van der Waals surface area contributed by atoms with Crippen molar-refractivity contribution in [2.24, 2.45) is 5.92 Å². The number of benzene rings is 2. The zero-order valence-corrected chi connectivity index (χ0v) is 14.0. The molecule has 2 aliphatic rings. The fourth-order valence-electron chi connectivity index (χ4n) is 4.20. The summed E-state index contributed by atoms with van der Waals surface area (Å²) < 4.78 is 0. The largest absolute Gasteiger partial charge is 0.394 e. The summed E-state index contributed by atoms with van der Waals surface area (Å²) in [6.45, 7) is 2.86. The summed E-state index contributed by atoms with van der Waals surface area (Å²) in [5.41, 5.74) is 7.03. The van der Waals surface area contributed by atoms with Crippen molar-refractivity contribution in [2.45, 2.75) is 31.9 Å². The minimum Gasteiger partial charge on any atom is -0.394 e. The number of nitrogens with zero attached hydrogens (tertiary/aromatic N) is 1. The van der Waals surface area contributed by atoms with E-state index in [4.69, 9.17) is 5.11 Å². The first-order valence-corrected chi connectivity index (χ1v) is 8.96. The zero-order valence-electron chi connectivity index (χ0n) is 14.0. The SMILES string of the molecule is OCC(O)C1CCN(Cc2ccc3c(c2)Cc2ccccc2-3)CC1. The average Bonchev–Trinajstić information content (AvgIpc) is 2.99. The first-order chi connectivity index (χ1) is 11.7. The number of piperidine rings is 1. The Morgan fingerprint density at radius 1 is 1.00 bits per heavy atom. The third-order valence-electron chi connectivity index (χ3n) is 5.63. The van der Waals surface area contributed by atoms with Crippen LogP contribution in [0.15, 0.2) is 42.5 Å². The van der Waals surface area contributed by atoms with Crippen LogP contribution in [-0.4, -0.2) is 40.9 Å². The highest BCUT2D eigenvalue weighted by atomic mass is 16.3. The number of rotatable bonds is 4. The fourth-order valence-corrected chi connectivity index (χ4v) is 4.20. The molecule has 1 saturated heterocycles. The Morgan fingerprint density at radius 3 is 2.54 bits per heavy atom. The Labute approximate surface area is 143 Å². The summed E-state index contributed by atoms with van der Waals surface area (Å²) in [6.07, 6.45) is 2.44. The minimum atomic E-state index is -0.550. The van der Waals surface area contributed by atoms with Crippen LogP contribution in [-0.2, 0) is 13.0 Å². The molecule has 1 aliphatic heterocycles. The highest BCUT2D eigenvalue weighted by molar-refractivity contribution is 5.76. The summed E-state index contributed by atoms with van der Waals surface area (Å²) in [4.78, 5) is 2.46. The molecule has 1 fully saturated rings. The van der Waals surface area contributed by atoms with E-state index < -0.39 is 6.10 Å². The lowest BCUT2D eigenvalue weighted by atomic mass is 9.91. The molecule has 0 aromatic heterocycles. The molecule has 0 spiro atoms. The minimum absolute atomic E-state index is 0.115. The van der Waals surface area contributed by atoms with E-state index in [1.165, 1.54) is 27.8 Å². The molecule has 1 unspecified atom stereocenters. The van der Waals surface area contributed by atoms with Crippen molar-refractivity contribution < 1.29 is 10.2 Å². The molecule has 1 heterocycles. The van der Waals surface area contributed by atoms with Gasteiger partial charge in [-0.3, -0.25) is 4.90 Å². The van der Waals surface area contributed by atoms with Crippen LogP contribution in [0.5, 0.6) is 0 Å². The van der Waals surface area contributed by atoms with Gasteiger partial charge in [0.05, 0.1) is 12.7 Å². The Kier molecular flexibility index (Phi) is 4.40. The van der Waals surface area contributed by atoms with Crippen LogP contribution in [0, 0.1) is 5.92 Å². The smallest absolute Gasteiger partial charge is 0.0799 e. The maximum Gasteiger partial charge on any atom is 0.0799 e. The molecule has 0 bridgehead atoms. The Hall–Kier alpha value is -1.68. The number of likely N-dealkylation sites (tertiary alicyclic amines) is 1. The van der Waals surface area contributed by atoms with Gasteiger partial charge in [-0.1, -0.05) is 42.5 Å². The van der Waals surface area contributed by atoms with Gasteiger partial charge in [-0.25, -0.2) is 0 Å². The number of fused-ring (bicyclic) bond motifs is 3. The van der Waals surface area contributed by atoms with Crippen LogP contribution < -0.4 is 0 Å². The third-order valence-corrected chi connectivity index (χ3v) is 5.63. The van der Waals surface area contributed by atoms with Crippen molar-refractivity contribution in [2.75, 3.05) is 19.7 Å². The van der Waals surface area contributed by atoms with Crippen molar-refractivity contribution in [1.82, 2.24) is 4.90 Å². The van der Waals surface area contributed by atoms with Gasteiger partial charge in [0.15, 0.2) is 0 Å². The van der Waals surface area contributed by atoms with E-state index in [1.54, 1.807) is 0 Å². The summed E-state index contributed by atoms with van der Waals surface area (Å²) in [5, 5.41) is 18.9. The van der Waals surface area contributed by atoms with Crippen molar-refractivity contribution in [1.29, 1.82) is 0 Å². The Balaban J connectivity index is 1.42. The number of hydrogen-bond acceptors (Lipinski definition) is 3. The van der Waals surface area contributed by atoms with Gasteiger partial charge < -0.3 is 10.2 Å². The van der Waals surface area contributed by atoms with Gasteiger partial charge in [0.2, 0.25) is 0 Å². The molecule has 2 aromatic carbocycles. The standard InChI is InChI=1S/C21H25NO2/c23-14-21(24)16-7-9-22(10-8-16)13-15-5-6-20-18(11-15)12-17-3-1-2-4-19(17)20/h1-6,11,16,21,23-24H,7-10,12-14H2. The van der Waals surface area contributed by atoms with Gasteiger partial charge in [0.1, 0.15) is 0 Å². The van der Waals surface area contributed by atoms with Crippen molar-refractivity contribution >= 4 is 0 Å². The molecule has 24 heavy (non-hydrogen) atoms. The molecular formula is C21H25NO2. The van der Waals surface area contributed by atoms with Gasteiger partial charge in [-0.05, 0) is 66.1 Å². The summed E-state index contributed by atoms with van der Waals surface area (Å²) >= 11 is 0. The van der Waals surface area contributed by atoms with E-state index in [2.05, 4.69) is 47.4 Å². The van der Waals surface area contributed by atoms with Crippen LogP contribution >= 0.6 is 0 Å². The van der Waals surface area contributed by atoms with E-state index in [9.17, 15) is 5.11 Å². The second kappa shape index (κ2) is 6.67. The van der Waals surface area contributed by atoms with Crippen molar-refractivity contribution in [3.8, 4) is 11.1 Å². The fraction of sp³-hybridized carbons (Fsp3) is 0.429. The monoisotopic (exact) mass is 323 g/mol. The lowest BCUT2D eigenvalue weighted by Crippen LogP contribution is -2.38. The normalized spacial score (nSPS) is 19.1.